The summed E-state index contributed by atoms with van der Waals surface area (Å²) in [6.45, 7) is 8.59. The molecule has 0 radical (unpaired) electrons. The average molecular weight is 500 g/mol. The van der Waals surface area contributed by atoms with Crippen LogP contribution < -0.4 is 5.69 Å². The Hall–Kier alpha value is -2.99. The van der Waals surface area contributed by atoms with E-state index in [2.05, 4.69) is 25.8 Å². The molecule has 2 fully saturated rings. The van der Waals surface area contributed by atoms with Gasteiger partial charge >= 0.3 is 11.8 Å². The Morgan fingerprint density at radius 3 is 2.77 bits per heavy atom. The van der Waals surface area contributed by atoms with Crippen LogP contribution in [0, 0.1) is 36.0 Å². The minimum absolute atomic E-state index is 0.0536. The average Bonchev–Trinajstić information content (AvgIpc) is 3.47. The highest BCUT2D eigenvalue weighted by atomic mass is 35.5. The van der Waals surface area contributed by atoms with Crippen molar-refractivity contribution in [3.8, 4) is 17.6 Å². The first-order chi connectivity index (χ1) is 16.6. The summed E-state index contributed by atoms with van der Waals surface area (Å²) in [5, 5.41) is 20.3. The molecule has 1 aliphatic carbocycles. The first kappa shape index (κ1) is 23.7. The van der Waals surface area contributed by atoms with Crippen molar-refractivity contribution in [1.29, 1.82) is 5.26 Å². The van der Waals surface area contributed by atoms with Gasteiger partial charge < -0.3 is 9.84 Å². The van der Waals surface area contributed by atoms with Gasteiger partial charge in [-0.05, 0) is 49.5 Å². The number of carbonyl (C=O) groups is 1. The summed E-state index contributed by atoms with van der Waals surface area (Å²) in [6, 6.07) is 1.92. The molecule has 0 spiro atoms. The van der Waals surface area contributed by atoms with Gasteiger partial charge in [0.25, 0.3) is 0 Å². The molecule has 9 nitrogen and oxygen atoms in total. The monoisotopic (exact) mass is 499 g/mol. The van der Waals surface area contributed by atoms with E-state index in [0.29, 0.717) is 47.7 Å². The summed E-state index contributed by atoms with van der Waals surface area (Å²) < 4.78 is 8.70. The topological polar surface area (TPSA) is 113 Å². The number of pyridine rings is 1. The third-order valence-corrected chi connectivity index (χ3v) is 8.55. The lowest BCUT2D eigenvalue weighted by Crippen LogP contribution is -2.44. The van der Waals surface area contributed by atoms with Crippen LogP contribution in [0.25, 0.3) is 5.69 Å². The standard InChI is InChI=1S/C25H30ClN5O4/c1-12(2)16-6-5-13(3)7-19(16)35-25(34)29-11-15-8-20(29)31-22(15)23(32)30(24(31)33)18-10-28-17(9-27)21(26)14(18)4/h10,12-13,15-16,19-20,32H,5-8,11H2,1-4H3/t13-,15?,16+,19-,20?/m1/s1. The Balaban J connectivity index is 1.45. The minimum atomic E-state index is -0.511. The van der Waals surface area contributed by atoms with Crippen molar-refractivity contribution in [2.45, 2.75) is 71.6 Å². The number of nitrogens with zero attached hydrogens (tertiary/aromatic N) is 5. The fourth-order valence-corrected chi connectivity index (χ4v) is 6.37. The smallest absolute Gasteiger partial charge is 0.411 e. The van der Waals surface area contributed by atoms with Gasteiger partial charge in [0.2, 0.25) is 5.88 Å². The molecule has 2 bridgehead atoms. The molecule has 0 aromatic carbocycles. The van der Waals surface area contributed by atoms with E-state index in [4.69, 9.17) is 16.3 Å². The maximum Gasteiger partial charge on any atom is 0.411 e. The molecule has 1 amide bonds. The van der Waals surface area contributed by atoms with Gasteiger partial charge in [-0.1, -0.05) is 38.8 Å². The number of rotatable bonds is 3. The fraction of sp³-hybridized carbons (Fsp3) is 0.600. The second-order valence-corrected chi connectivity index (χ2v) is 10.9. The van der Waals surface area contributed by atoms with Gasteiger partial charge in [0, 0.05) is 12.5 Å². The van der Waals surface area contributed by atoms with Crippen LogP contribution in [-0.2, 0) is 4.74 Å². The first-order valence-corrected chi connectivity index (χ1v) is 12.6. The second kappa shape index (κ2) is 8.59. The van der Waals surface area contributed by atoms with Crippen molar-refractivity contribution in [2.24, 2.45) is 17.8 Å². The van der Waals surface area contributed by atoms with Gasteiger partial charge in [-0.3, -0.25) is 9.47 Å². The van der Waals surface area contributed by atoms with Crippen molar-refractivity contribution in [3.05, 3.63) is 38.7 Å². The third-order valence-electron chi connectivity index (χ3n) is 8.09. The van der Waals surface area contributed by atoms with Crippen molar-refractivity contribution in [3.63, 3.8) is 0 Å². The second-order valence-electron chi connectivity index (χ2n) is 10.6. The summed E-state index contributed by atoms with van der Waals surface area (Å²) in [5.41, 5.74) is 0.866. The highest BCUT2D eigenvalue weighted by Gasteiger charge is 2.50. The number of likely N-dealkylation sites (tertiary alicyclic amines) is 1. The van der Waals surface area contributed by atoms with Crippen molar-refractivity contribution in [2.75, 3.05) is 6.54 Å². The summed E-state index contributed by atoms with van der Waals surface area (Å²) in [4.78, 5) is 32.4. The number of hydrogen-bond acceptors (Lipinski definition) is 6. The van der Waals surface area contributed by atoms with Gasteiger partial charge in [-0.25, -0.2) is 19.1 Å². The van der Waals surface area contributed by atoms with Crippen LogP contribution in [0.3, 0.4) is 0 Å². The third kappa shape index (κ3) is 3.61. The van der Waals surface area contributed by atoms with Crippen LogP contribution in [0.4, 0.5) is 4.79 Å². The lowest BCUT2D eigenvalue weighted by Gasteiger charge is -2.38. The van der Waals surface area contributed by atoms with Crippen molar-refractivity contribution >= 4 is 17.7 Å². The molecule has 3 aliphatic rings. The number of amides is 1. The van der Waals surface area contributed by atoms with Crippen LogP contribution in [0.1, 0.15) is 75.5 Å². The van der Waals surface area contributed by atoms with Crippen LogP contribution in [0.2, 0.25) is 5.02 Å². The molecule has 2 aromatic heterocycles. The summed E-state index contributed by atoms with van der Waals surface area (Å²) >= 11 is 6.26. The van der Waals surface area contributed by atoms with Crippen LogP contribution in [0.5, 0.6) is 5.88 Å². The number of aromatic nitrogens is 3. The first-order valence-electron chi connectivity index (χ1n) is 12.2. The molecule has 5 rings (SSSR count). The largest absolute Gasteiger partial charge is 0.493 e. The van der Waals surface area contributed by atoms with Crippen molar-refractivity contribution in [1.82, 2.24) is 19.0 Å². The van der Waals surface area contributed by atoms with Gasteiger partial charge in [-0.15, -0.1) is 0 Å². The van der Waals surface area contributed by atoms with E-state index in [1.165, 1.54) is 10.8 Å². The number of hydrogen-bond donors (Lipinski definition) is 1. The molecule has 1 saturated carbocycles. The van der Waals surface area contributed by atoms with E-state index < -0.39 is 17.9 Å². The Morgan fingerprint density at radius 2 is 2.09 bits per heavy atom. The molecule has 35 heavy (non-hydrogen) atoms. The van der Waals surface area contributed by atoms with E-state index >= 15 is 0 Å². The molecular formula is C25H30ClN5O4. The van der Waals surface area contributed by atoms with Crippen LogP contribution in [0.15, 0.2) is 11.0 Å². The summed E-state index contributed by atoms with van der Waals surface area (Å²) in [5.74, 6) is 0.910. The van der Waals surface area contributed by atoms with E-state index in [1.54, 1.807) is 11.8 Å². The predicted molar refractivity (Wildman–Crippen MR) is 129 cm³/mol. The highest BCUT2D eigenvalue weighted by Crippen LogP contribution is 2.49. The Labute approximate surface area is 208 Å². The number of nitriles is 1. The molecule has 2 aliphatic heterocycles. The Bertz CT molecular complexity index is 1290. The number of aromatic hydroxyl groups is 1. The summed E-state index contributed by atoms with van der Waals surface area (Å²) in [6.07, 6.45) is 3.93. The lowest BCUT2D eigenvalue weighted by atomic mass is 9.75. The quantitative estimate of drug-likeness (QED) is 0.666. The normalized spacial score (nSPS) is 27.2. The predicted octanol–water partition coefficient (Wildman–Crippen LogP) is 4.47. The molecule has 2 aromatic rings. The molecule has 1 saturated heterocycles. The Kier molecular flexibility index (Phi) is 5.83. The number of carbonyl (C=O) groups excluding carboxylic acids is 1. The molecule has 2 unspecified atom stereocenters. The molecule has 1 N–H and O–H groups in total. The number of fused-ring (bicyclic) bond motifs is 5. The van der Waals surface area contributed by atoms with Gasteiger partial charge in [0.05, 0.1) is 22.6 Å². The van der Waals surface area contributed by atoms with Crippen molar-refractivity contribution < 1.29 is 14.6 Å². The maximum atomic E-state index is 13.5. The zero-order chi connectivity index (χ0) is 25.2. The fourth-order valence-electron chi connectivity index (χ4n) is 6.18. The lowest BCUT2D eigenvalue weighted by molar-refractivity contribution is -0.0166. The molecule has 4 heterocycles. The number of ether oxygens (including phenoxy) is 1. The van der Waals surface area contributed by atoms with E-state index in [9.17, 15) is 20.0 Å². The Morgan fingerprint density at radius 1 is 1.34 bits per heavy atom. The maximum absolute atomic E-state index is 13.5. The molecule has 10 heteroatoms. The van der Waals surface area contributed by atoms with Crippen LogP contribution in [-0.4, -0.2) is 42.9 Å². The van der Waals surface area contributed by atoms with Crippen LogP contribution >= 0.6 is 11.6 Å². The molecule has 186 valence electrons. The van der Waals surface area contributed by atoms with Gasteiger partial charge in [0.1, 0.15) is 18.3 Å². The van der Waals surface area contributed by atoms with E-state index in [0.717, 1.165) is 23.8 Å². The van der Waals surface area contributed by atoms with Gasteiger partial charge in [0.15, 0.2) is 5.69 Å². The summed E-state index contributed by atoms with van der Waals surface area (Å²) in [7, 11) is 0. The zero-order valence-corrected chi connectivity index (χ0v) is 21.1. The highest BCUT2D eigenvalue weighted by molar-refractivity contribution is 6.32. The minimum Gasteiger partial charge on any atom is -0.493 e. The number of imidazole rings is 1. The molecular weight excluding hydrogens is 470 g/mol. The molecule has 5 atom stereocenters. The SMILES string of the molecule is Cc1c(-n2c(O)c3n(c2=O)C2CC3CN2C(=O)O[C@@H]2C[C@H](C)CC[C@H]2C(C)C)cnc(C#N)c1Cl. The van der Waals surface area contributed by atoms with E-state index in [-0.39, 0.29) is 28.6 Å². The zero-order valence-electron chi connectivity index (χ0n) is 20.4. The van der Waals surface area contributed by atoms with Gasteiger partial charge in [-0.2, -0.15) is 5.26 Å². The van der Waals surface area contributed by atoms with E-state index in [1.807, 2.05) is 6.07 Å². The number of halogens is 1.